The van der Waals surface area contributed by atoms with Gasteiger partial charge in [-0.2, -0.15) is 10.4 Å². The van der Waals surface area contributed by atoms with Gasteiger partial charge in [-0.15, -0.1) is 0 Å². The second-order valence-electron chi connectivity index (χ2n) is 5.93. The highest BCUT2D eigenvalue weighted by Gasteiger charge is 2.34. The Labute approximate surface area is 147 Å². The lowest BCUT2D eigenvalue weighted by Gasteiger charge is -2.26. The summed E-state index contributed by atoms with van der Waals surface area (Å²) in [7, 11) is 0. The summed E-state index contributed by atoms with van der Waals surface area (Å²) in [6.07, 6.45) is 2.25. The molecule has 25 heavy (non-hydrogen) atoms. The first kappa shape index (κ1) is 15.8. The Balaban J connectivity index is 1.78. The molecule has 8 heteroatoms. The Morgan fingerprint density at radius 1 is 1.32 bits per heavy atom. The zero-order chi connectivity index (χ0) is 17.6. The zero-order valence-corrected chi connectivity index (χ0v) is 13.7. The number of nitrogens with zero attached hydrogens (tertiary/aromatic N) is 5. The molecule has 4 rings (SSSR count). The highest BCUT2D eigenvalue weighted by Crippen LogP contribution is 2.37. The fourth-order valence-corrected chi connectivity index (χ4v) is 3.45. The highest BCUT2D eigenvalue weighted by atomic mass is 35.5. The maximum Gasteiger partial charge on any atom is 0.175 e. The smallest absolute Gasteiger partial charge is 0.175 e. The highest BCUT2D eigenvalue weighted by molar-refractivity contribution is 6.30. The number of hydrogen-bond acceptors (Lipinski definition) is 4. The van der Waals surface area contributed by atoms with Crippen molar-refractivity contribution in [2.24, 2.45) is 0 Å². The van der Waals surface area contributed by atoms with Crippen LogP contribution in [0.2, 0.25) is 5.02 Å². The van der Waals surface area contributed by atoms with Gasteiger partial charge in [0, 0.05) is 17.6 Å². The third-order valence-electron chi connectivity index (χ3n) is 4.29. The van der Waals surface area contributed by atoms with Crippen LogP contribution in [0.15, 0.2) is 36.7 Å². The lowest BCUT2D eigenvalue weighted by molar-refractivity contribution is 0.356. The summed E-state index contributed by atoms with van der Waals surface area (Å²) in [4.78, 5) is 6.22. The number of nitriles is 1. The second-order valence-corrected chi connectivity index (χ2v) is 6.36. The molecule has 1 aromatic carbocycles. The Morgan fingerprint density at radius 3 is 2.92 bits per heavy atom. The van der Waals surface area contributed by atoms with Crippen molar-refractivity contribution in [3.8, 4) is 6.07 Å². The van der Waals surface area contributed by atoms with Crippen molar-refractivity contribution in [1.82, 2.24) is 14.6 Å². The summed E-state index contributed by atoms with van der Waals surface area (Å²) in [5.74, 6) is 0.0470. The van der Waals surface area contributed by atoms with E-state index in [0.717, 1.165) is 0 Å². The summed E-state index contributed by atoms with van der Waals surface area (Å²) in [5.41, 5.74) is 1.34. The predicted octanol–water partition coefficient (Wildman–Crippen LogP) is 3.68. The summed E-state index contributed by atoms with van der Waals surface area (Å²) in [5, 5.41) is 13.5. The van der Waals surface area contributed by atoms with Crippen LogP contribution in [0.1, 0.15) is 23.6 Å². The molecule has 3 aromatic rings. The average molecular weight is 360 g/mol. The van der Waals surface area contributed by atoms with Crippen LogP contribution >= 0.6 is 11.6 Å². The van der Waals surface area contributed by atoms with Crippen LogP contribution in [0.5, 0.6) is 0 Å². The van der Waals surface area contributed by atoms with Crippen LogP contribution in [0.4, 0.5) is 14.6 Å². The number of halogens is 3. The minimum absolute atomic E-state index is 0.137. The molecule has 3 heterocycles. The van der Waals surface area contributed by atoms with E-state index in [2.05, 4.69) is 10.1 Å². The van der Waals surface area contributed by atoms with Crippen molar-refractivity contribution in [1.29, 1.82) is 5.26 Å². The first-order valence-corrected chi connectivity index (χ1v) is 8.04. The van der Waals surface area contributed by atoms with Crippen molar-refractivity contribution >= 4 is 23.1 Å². The minimum Gasteiger partial charge on any atom is -0.346 e. The molecule has 0 N–H and O–H groups in total. The quantitative estimate of drug-likeness (QED) is 0.700. The number of anilines is 1. The van der Waals surface area contributed by atoms with Gasteiger partial charge in [0.05, 0.1) is 18.8 Å². The van der Waals surface area contributed by atoms with E-state index >= 15 is 0 Å². The standard InChI is InChI=1S/C17H12ClF2N5/c18-12-3-10(4-13(19)5-12)15-6-14(20)9-24(15)16-1-2-25-17(23-16)11(7-21)8-22-25/h1-5,8,14-15H,6,9H2/t14-,15+/m0/s1. The molecule has 1 saturated heterocycles. The SMILES string of the molecule is N#Cc1cnn2ccc(N3C[C@@H](F)C[C@@H]3c3cc(F)cc(Cl)c3)nc12. The molecule has 0 saturated carbocycles. The van der Waals surface area contributed by atoms with Crippen molar-refractivity contribution in [3.63, 3.8) is 0 Å². The van der Waals surface area contributed by atoms with E-state index in [1.54, 1.807) is 23.2 Å². The minimum atomic E-state index is -1.06. The average Bonchev–Trinajstić information content (AvgIpc) is 3.16. The predicted molar refractivity (Wildman–Crippen MR) is 88.7 cm³/mol. The van der Waals surface area contributed by atoms with Gasteiger partial charge in [0.25, 0.3) is 0 Å². The maximum atomic E-state index is 14.1. The molecule has 2 atom stereocenters. The van der Waals surface area contributed by atoms with E-state index < -0.39 is 12.0 Å². The van der Waals surface area contributed by atoms with Crippen molar-refractivity contribution in [2.75, 3.05) is 11.4 Å². The van der Waals surface area contributed by atoms with Gasteiger partial charge in [-0.25, -0.2) is 18.3 Å². The molecule has 0 amide bonds. The van der Waals surface area contributed by atoms with Crippen molar-refractivity contribution in [2.45, 2.75) is 18.6 Å². The Kier molecular flexibility index (Phi) is 3.77. The van der Waals surface area contributed by atoms with Gasteiger partial charge in [0.1, 0.15) is 29.4 Å². The fourth-order valence-electron chi connectivity index (χ4n) is 3.22. The molecule has 1 aliphatic rings. The molecule has 0 aliphatic carbocycles. The van der Waals surface area contributed by atoms with Crippen LogP contribution in [0.25, 0.3) is 5.65 Å². The van der Waals surface area contributed by atoms with Gasteiger partial charge in [-0.3, -0.25) is 0 Å². The number of alkyl halides is 1. The van der Waals surface area contributed by atoms with Gasteiger partial charge in [0.2, 0.25) is 0 Å². The van der Waals surface area contributed by atoms with E-state index in [1.165, 1.54) is 22.8 Å². The van der Waals surface area contributed by atoms with E-state index in [9.17, 15) is 8.78 Å². The second kappa shape index (κ2) is 5.97. The van der Waals surface area contributed by atoms with E-state index in [-0.39, 0.29) is 24.0 Å². The summed E-state index contributed by atoms with van der Waals surface area (Å²) in [6.45, 7) is 0.137. The van der Waals surface area contributed by atoms with Gasteiger partial charge in [-0.1, -0.05) is 11.6 Å². The van der Waals surface area contributed by atoms with Gasteiger partial charge < -0.3 is 4.90 Å². The molecule has 126 valence electrons. The monoisotopic (exact) mass is 359 g/mol. The number of hydrogen-bond donors (Lipinski definition) is 0. The first-order valence-electron chi connectivity index (χ1n) is 7.66. The lowest BCUT2D eigenvalue weighted by atomic mass is 10.0. The Hall–Kier alpha value is -2.72. The topological polar surface area (TPSA) is 57.2 Å². The summed E-state index contributed by atoms with van der Waals surface area (Å²) < 4.78 is 29.3. The molecular formula is C17H12ClF2N5. The molecular weight excluding hydrogens is 348 g/mol. The lowest BCUT2D eigenvalue weighted by Crippen LogP contribution is -2.25. The molecule has 0 spiro atoms. The van der Waals surface area contributed by atoms with E-state index in [1.807, 2.05) is 6.07 Å². The van der Waals surface area contributed by atoms with Crippen LogP contribution in [0.3, 0.4) is 0 Å². The third-order valence-corrected chi connectivity index (χ3v) is 4.51. The van der Waals surface area contributed by atoms with E-state index in [4.69, 9.17) is 16.9 Å². The summed E-state index contributed by atoms with van der Waals surface area (Å²) >= 11 is 5.95. The normalized spacial score (nSPS) is 20.2. The molecule has 0 bridgehead atoms. The van der Waals surface area contributed by atoms with Gasteiger partial charge in [0.15, 0.2) is 5.65 Å². The maximum absolute atomic E-state index is 14.1. The first-order chi connectivity index (χ1) is 12.0. The molecule has 5 nitrogen and oxygen atoms in total. The molecule has 1 aliphatic heterocycles. The molecule has 0 radical (unpaired) electrons. The summed E-state index contributed by atoms with van der Waals surface area (Å²) in [6, 6.07) is 7.56. The van der Waals surface area contributed by atoms with Crippen LogP contribution in [-0.2, 0) is 0 Å². The van der Waals surface area contributed by atoms with Crippen molar-refractivity contribution in [3.05, 3.63) is 58.6 Å². The Bertz CT molecular complexity index is 976. The van der Waals surface area contributed by atoms with Crippen LogP contribution < -0.4 is 4.90 Å². The van der Waals surface area contributed by atoms with Gasteiger partial charge in [-0.05, 0) is 29.8 Å². The van der Waals surface area contributed by atoms with Crippen molar-refractivity contribution < 1.29 is 8.78 Å². The Morgan fingerprint density at radius 2 is 2.16 bits per heavy atom. The molecule has 1 fully saturated rings. The van der Waals surface area contributed by atoms with Gasteiger partial charge >= 0.3 is 0 Å². The number of rotatable bonds is 2. The third kappa shape index (κ3) is 2.79. The van der Waals surface area contributed by atoms with Crippen LogP contribution in [0, 0.1) is 17.1 Å². The number of fused-ring (bicyclic) bond motifs is 1. The number of benzene rings is 1. The van der Waals surface area contributed by atoms with E-state index in [0.29, 0.717) is 22.6 Å². The zero-order valence-electron chi connectivity index (χ0n) is 12.9. The molecule has 0 unspecified atom stereocenters. The largest absolute Gasteiger partial charge is 0.346 e. The fraction of sp³-hybridized carbons (Fsp3) is 0.235. The molecule has 2 aromatic heterocycles. The number of aromatic nitrogens is 3. The van der Waals surface area contributed by atoms with Crippen LogP contribution in [-0.4, -0.2) is 27.3 Å².